The number of aryl methyl sites for hydroxylation is 1. The summed E-state index contributed by atoms with van der Waals surface area (Å²) in [5.74, 6) is -0.523. The Labute approximate surface area is 88.7 Å². The quantitative estimate of drug-likeness (QED) is 0.797. The van der Waals surface area contributed by atoms with Crippen molar-refractivity contribution in [2.24, 2.45) is 0 Å². The van der Waals surface area contributed by atoms with Crippen molar-refractivity contribution < 1.29 is 9.18 Å². The first kappa shape index (κ1) is 11.7. The van der Waals surface area contributed by atoms with Crippen molar-refractivity contribution in [2.45, 2.75) is 19.9 Å². The van der Waals surface area contributed by atoms with Crippen LogP contribution in [-0.4, -0.2) is 19.0 Å². The molecule has 2 N–H and O–H groups in total. The molecule has 1 rings (SSSR count). The van der Waals surface area contributed by atoms with Gasteiger partial charge in [-0.15, -0.1) is 0 Å². The Morgan fingerprint density at radius 1 is 1.40 bits per heavy atom. The molecular weight excluding hydrogens is 195 g/mol. The molecule has 1 amide bonds. The molecule has 0 aliphatic rings. The van der Waals surface area contributed by atoms with Gasteiger partial charge in [0.15, 0.2) is 0 Å². The van der Waals surface area contributed by atoms with Crippen LogP contribution < -0.4 is 10.6 Å². The van der Waals surface area contributed by atoms with Crippen molar-refractivity contribution in [2.75, 3.05) is 12.4 Å². The van der Waals surface area contributed by atoms with E-state index < -0.39 is 0 Å². The molecule has 82 valence electrons. The highest BCUT2D eigenvalue weighted by atomic mass is 19.1. The first-order valence-electron chi connectivity index (χ1n) is 4.78. The normalized spacial score (nSPS) is 12.3. The Bertz CT molecular complexity index is 345. The molecule has 0 heterocycles. The summed E-state index contributed by atoms with van der Waals surface area (Å²) in [6.45, 7) is 3.52. The molecule has 1 atom stereocenters. The molecular formula is C11H15FN2O. The highest BCUT2D eigenvalue weighted by molar-refractivity contribution is 5.94. The molecule has 0 saturated heterocycles. The molecule has 1 aromatic rings. The first-order chi connectivity index (χ1) is 7.02. The van der Waals surface area contributed by atoms with Gasteiger partial charge >= 0.3 is 0 Å². The van der Waals surface area contributed by atoms with Crippen LogP contribution in [0.3, 0.4) is 0 Å². The van der Waals surface area contributed by atoms with Gasteiger partial charge in [-0.25, -0.2) is 4.39 Å². The predicted molar refractivity (Wildman–Crippen MR) is 58.3 cm³/mol. The molecule has 0 fully saturated rings. The third-order valence-electron chi connectivity index (χ3n) is 2.14. The van der Waals surface area contributed by atoms with Crippen LogP contribution in [0.2, 0.25) is 0 Å². The lowest BCUT2D eigenvalue weighted by molar-refractivity contribution is -0.117. The van der Waals surface area contributed by atoms with Crippen molar-refractivity contribution in [1.82, 2.24) is 5.32 Å². The van der Waals surface area contributed by atoms with Gasteiger partial charge in [0.05, 0.1) is 6.04 Å². The van der Waals surface area contributed by atoms with E-state index in [1.54, 1.807) is 27.0 Å². The smallest absolute Gasteiger partial charge is 0.241 e. The summed E-state index contributed by atoms with van der Waals surface area (Å²) >= 11 is 0. The summed E-state index contributed by atoms with van der Waals surface area (Å²) in [5.41, 5.74) is 1.27. The summed E-state index contributed by atoms with van der Waals surface area (Å²) < 4.78 is 13.0. The van der Waals surface area contributed by atoms with Gasteiger partial charge < -0.3 is 10.6 Å². The van der Waals surface area contributed by atoms with Gasteiger partial charge in [-0.2, -0.15) is 0 Å². The largest absolute Gasteiger partial charge is 0.325 e. The summed E-state index contributed by atoms with van der Waals surface area (Å²) in [5, 5.41) is 5.44. The zero-order valence-corrected chi connectivity index (χ0v) is 9.10. The zero-order valence-electron chi connectivity index (χ0n) is 9.10. The number of hydrogen-bond donors (Lipinski definition) is 2. The second kappa shape index (κ2) is 4.89. The number of benzene rings is 1. The van der Waals surface area contributed by atoms with Gasteiger partial charge in [0.1, 0.15) is 5.82 Å². The lowest BCUT2D eigenvalue weighted by atomic mass is 10.2. The van der Waals surface area contributed by atoms with Crippen molar-refractivity contribution in [3.63, 3.8) is 0 Å². The molecule has 0 aromatic heterocycles. The van der Waals surface area contributed by atoms with E-state index in [1.807, 2.05) is 0 Å². The topological polar surface area (TPSA) is 41.1 Å². The van der Waals surface area contributed by atoms with Gasteiger partial charge in [0.2, 0.25) is 5.91 Å². The number of carbonyl (C=O) groups is 1. The van der Waals surface area contributed by atoms with E-state index in [4.69, 9.17) is 0 Å². The van der Waals surface area contributed by atoms with Gasteiger partial charge in [0.25, 0.3) is 0 Å². The minimum Gasteiger partial charge on any atom is -0.325 e. The number of hydrogen-bond acceptors (Lipinski definition) is 2. The van der Waals surface area contributed by atoms with E-state index in [-0.39, 0.29) is 17.8 Å². The van der Waals surface area contributed by atoms with E-state index in [1.165, 1.54) is 12.1 Å². The van der Waals surface area contributed by atoms with E-state index >= 15 is 0 Å². The molecule has 1 aromatic carbocycles. The molecule has 0 spiro atoms. The van der Waals surface area contributed by atoms with Crippen LogP contribution in [-0.2, 0) is 4.79 Å². The zero-order chi connectivity index (χ0) is 11.4. The fraction of sp³-hybridized carbons (Fsp3) is 0.364. The maximum atomic E-state index is 13.0. The predicted octanol–water partition coefficient (Wildman–Crippen LogP) is 1.68. The lowest BCUT2D eigenvalue weighted by Gasteiger charge is -2.11. The Balaban J connectivity index is 2.76. The minimum absolute atomic E-state index is 0.178. The molecule has 0 aliphatic carbocycles. The molecule has 0 aliphatic heterocycles. The maximum Gasteiger partial charge on any atom is 0.241 e. The van der Waals surface area contributed by atoms with E-state index in [9.17, 15) is 9.18 Å². The highest BCUT2D eigenvalue weighted by Gasteiger charge is 2.10. The molecule has 0 radical (unpaired) electrons. The van der Waals surface area contributed by atoms with Gasteiger partial charge in [-0.05, 0) is 44.7 Å². The summed E-state index contributed by atoms with van der Waals surface area (Å²) in [6.07, 6.45) is 0. The molecule has 15 heavy (non-hydrogen) atoms. The second-order valence-corrected chi connectivity index (χ2v) is 3.52. The number of nitrogens with one attached hydrogen (secondary N) is 2. The van der Waals surface area contributed by atoms with Crippen LogP contribution in [0, 0.1) is 12.7 Å². The van der Waals surface area contributed by atoms with E-state index in [0.29, 0.717) is 5.69 Å². The van der Waals surface area contributed by atoms with Crippen molar-refractivity contribution in [1.29, 1.82) is 0 Å². The van der Waals surface area contributed by atoms with Crippen molar-refractivity contribution >= 4 is 11.6 Å². The molecule has 0 saturated carbocycles. The first-order valence-corrected chi connectivity index (χ1v) is 4.78. The molecule has 1 unspecified atom stereocenters. The third kappa shape index (κ3) is 3.32. The monoisotopic (exact) mass is 210 g/mol. The van der Waals surface area contributed by atoms with Crippen LogP contribution in [0.25, 0.3) is 0 Å². The lowest BCUT2D eigenvalue weighted by Crippen LogP contribution is -2.35. The Morgan fingerprint density at radius 3 is 2.60 bits per heavy atom. The standard InChI is InChI=1S/C11H15FN2O/c1-7-4-9(12)6-10(5-7)14-11(15)8(2)13-3/h4-6,8,13H,1-3H3,(H,14,15). The molecule has 3 nitrogen and oxygen atoms in total. The third-order valence-corrected chi connectivity index (χ3v) is 2.14. The van der Waals surface area contributed by atoms with Crippen LogP contribution in [0.1, 0.15) is 12.5 Å². The van der Waals surface area contributed by atoms with Gasteiger partial charge in [-0.1, -0.05) is 0 Å². The van der Waals surface area contributed by atoms with Crippen LogP contribution >= 0.6 is 0 Å². The number of halogens is 1. The average Bonchev–Trinajstić information content (AvgIpc) is 2.14. The summed E-state index contributed by atoms with van der Waals surface area (Å²) in [6, 6.07) is 4.14. The van der Waals surface area contributed by atoms with Crippen molar-refractivity contribution in [3.8, 4) is 0 Å². The summed E-state index contributed by atoms with van der Waals surface area (Å²) in [4.78, 5) is 11.5. The Kier molecular flexibility index (Phi) is 3.80. The number of rotatable bonds is 3. The fourth-order valence-corrected chi connectivity index (χ4v) is 1.19. The van der Waals surface area contributed by atoms with Crippen LogP contribution in [0.5, 0.6) is 0 Å². The van der Waals surface area contributed by atoms with E-state index in [0.717, 1.165) is 5.56 Å². The number of amides is 1. The van der Waals surface area contributed by atoms with Crippen LogP contribution in [0.15, 0.2) is 18.2 Å². The van der Waals surface area contributed by atoms with Crippen LogP contribution in [0.4, 0.5) is 10.1 Å². The molecule has 4 heteroatoms. The molecule has 0 bridgehead atoms. The maximum absolute atomic E-state index is 13.0. The highest BCUT2D eigenvalue weighted by Crippen LogP contribution is 2.13. The fourth-order valence-electron chi connectivity index (χ4n) is 1.19. The van der Waals surface area contributed by atoms with Gasteiger partial charge in [-0.3, -0.25) is 4.79 Å². The Morgan fingerprint density at radius 2 is 2.07 bits per heavy atom. The second-order valence-electron chi connectivity index (χ2n) is 3.52. The van der Waals surface area contributed by atoms with E-state index in [2.05, 4.69) is 10.6 Å². The number of carbonyl (C=O) groups excluding carboxylic acids is 1. The number of anilines is 1. The Hall–Kier alpha value is -1.42. The SMILES string of the molecule is CNC(C)C(=O)Nc1cc(C)cc(F)c1. The summed E-state index contributed by atoms with van der Waals surface area (Å²) in [7, 11) is 1.70. The number of likely N-dealkylation sites (N-methyl/N-ethyl adjacent to an activating group) is 1. The minimum atomic E-state index is -0.345. The van der Waals surface area contributed by atoms with Crippen molar-refractivity contribution in [3.05, 3.63) is 29.6 Å². The van der Waals surface area contributed by atoms with Gasteiger partial charge in [0, 0.05) is 5.69 Å². The average molecular weight is 210 g/mol.